The highest BCUT2D eigenvalue weighted by Gasteiger charge is 1.97. The van der Waals surface area contributed by atoms with Gasteiger partial charge in [-0.2, -0.15) is 0 Å². The van der Waals surface area contributed by atoms with Gasteiger partial charge in [-0.05, 0) is 23.3 Å². The lowest BCUT2D eigenvalue weighted by atomic mass is 10.0. The topological polar surface area (TPSA) is 12.0 Å². The van der Waals surface area contributed by atoms with Crippen LogP contribution in [0.3, 0.4) is 0 Å². The summed E-state index contributed by atoms with van der Waals surface area (Å²) in [6, 6.07) is 12.5. The van der Waals surface area contributed by atoms with Crippen LogP contribution in [0.1, 0.15) is 12.4 Å². The van der Waals surface area contributed by atoms with E-state index in [1.54, 1.807) is 24.3 Å². The summed E-state index contributed by atoms with van der Waals surface area (Å²) in [6.07, 6.45) is 0. The molecule has 0 aromatic heterocycles. The molecule has 2 aromatic carbocycles. The summed E-state index contributed by atoms with van der Waals surface area (Å²) < 4.78 is 37.2. The zero-order chi connectivity index (χ0) is 13.4. The maximum absolute atomic E-state index is 7.90. The Morgan fingerprint density at radius 3 is 3.00 bits per heavy atom. The number of nitrogens with one attached hydrogen (secondary N) is 1. The maximum atomic E-state index is 7.90. The van der Waals surface area contributed by atoms with Crippen LogP contribution in [0.2, 0.25) is 0 Å². The van der Waals surface area contributed by atoms with E-state index in [0.717, 1.165) is 5.39 Å². The molecule has 0 bridgehead atoms. The SMILES string of the molecule is [2H]C([2H])([2H])NC([2H])([2H])c1cccc2ccccc12. The van der Waals surface area contributed by atoms with E-state index < -0.39 is 13.5 Å². The van der Waals surface area contributed by atoms with Gasteiger partial charge >= 0.3 is 0 Å². The maximum Gasteiger partial charge on any atom is 0.0479 e. The highest BCUT2D eigenvalue weighted by Crippen LogP contribution is 2.17. The lowest BCUT2D eigenvalue weighted by Gasteiger charge is -2.04. The Labute approximate surface area is 85.4 Å². The van der Waals surface area contributed by atoms with Crippen LogP contribution in [0.15, 0.2) is 42.5 Å². The molecule has 0 fully saturated rings. The van der Waals surface area contributed by atoms with Gasteiger partial charge in [0.2, 0.25) is 0 Å². The van der Waals surface area contributed by atoms with Crippen molar-refractivity contribution >= 4 is 10.8 Å². The van der Waals surface area contributed by atoms with Crippen LogP contribution in [0.5, 0.6) is 0 Å². The van der Waals surface area contributed by atoms with E-state index in [-0.39, 0.29) is 0 Å². The Kier molecular flexibility index (Phi) is 1.17. The number of hydrogen-bond donors (Lipinski definition) is 1. The fraction of sp³-hybridized carbons (Fsp3) is 0.167. The van der Waals surface area contributed by atoms with Crippen molar-refractivity contribution < 1.29 is 6.85 Å². The van der Waals surface area contributed by atoms with Gasteiger partial charge in [0.05, 0.1) is 0 Å². The second-order valence-corrected chi connectivity index (χ2v) is 2.78. The van der Waals surface area contributed by atoms with Crippen molar-refractivity contribution in [1.29, 1.82) is 0 Å². The highest BCUT2D eigenvalue weighted by molar-refractivity contribution is 5.85. The van der Waals surface area contributed by atoms with Gasteiger partial charge in [0.25, 0.3) is 0 Å². The van der Waals surface area contributed by atoms with E-state index in [1.807, 2.05) is 23.5 Å². The first-order chi connectivity index (χ1) is 8.30. The molecule has 0 aliphatic heterocycles. The van der Waals surface area contributed by atoms with Gasteiger partial charge < -0.3 is 5.32 Å². The van der Waals surface area contributed by atoms with Crippen LogP contribution in [0.4, 0.5) is 0 Å². The quantitative estimate of drug-likeness (QED) is 0.741. The van der Waals surface area contributed by atoms with Crippen molar-refractivity contribution in [2.75, 3.05) is 6.98 Å². The third kappa shape index (κ3) is 1.56. The first kappa shape index (κ1) is 4.25. The molecule has 1 N–H and O–H groups in total. The largest absolute Gasteiger partial charge is 0.316 e. The molecule has 0 unspecified atom stereocenters. The first-order valence-electron chi connectivity index (χ1n) is 6.57. The molecule has 2 rings (SSSR count). The number of hydrogen-bond acceptors (Lipinski definition) is 1. The molecule has 0 atom stereocenters. The predicted octanol–water partition coefficient (Wildman–Crippen LogP) is 2.56. The minimum atomic E-state index is -2.53. The average molecular weight is 176 g/mol. The molecule has 0 heterocycles. The second-order valence-electron chi connectivity index (χ2n) is 2.78. The van der Waals surface area contributed by atoms with E-state index in [4.69, 9.17) is 6.85 Å². The Hall–Kier alpha value is -1.34. The van der Waals surface area contributed by atoms with Gasteiger partial charge in [-0.25, -0.2) is 0 Å². The van der Waals surface area contributed by atoms with E-state index in [2.05, 4.69) is 0 Å². The summed E-state index contributed by atoms with van der Waals surface area (Å²) >= 11 is 0. The van der Waals surface area contributed by atoms with Gasteiger partial charge in [-0.15, -0.1) is 0 Å². The van der Waals surface area contributed by atoms with E-state index >= 15 is 0 Å². The first-order valence-corrected chi connectivity index (χ1v) is 4.07. The molecular weight excluding hydrogens is 158 g/mol. The van der Waals surface area contributed by atoms with E-state index in [9.17, 15) is 0 Å². The fourth-order valence-corrected chi connectivity index (χ4v) is 1.40. The lowest BCUT2D eigenvalue weighted by Crippen LogP contribution is -2.05. The molecule has 0 aliphatic rings. The summed E-state index contributed by atoms with van der Waals surface area (Å²) in [5.74, 6) is 0. The number of benzene rings is 2. The third-order valence-corrected chi connectivity index (χ3v) is 1.99. The second kappa shape index (κ2) is 3.58. The Bertz CT molecular complexity index is 556. The standard InChI is InChI=1S/C12H13N/c1-13-9-11-7-4-6-10-5-2-3-8-12(10)11/h2-8,13H,9H2,1H3/i1D3,9D2. The predicted molar refractivity (Wildman–Crippen MR) is 56.7 cm³/mol. The minimum absolute atomic E-state index is 0.330. The van der Waals surface area contributed by atoms with Gasteiger partial charge in [0.1, 0.15) is 0 Å². The molecule has 2 aromatic rings. The molecule has 0 saturated carbocycles. The highest BCUT2D eigenvalue weighted by atomic mass is 14.8. The van der Waals surface area contributed by atoms with Gasteiger partial charge in [-0.1, -0.05) is 42.5 Å². The molecule has 13 heavy (non-hydrogen) atoms. The zero-order valence-corrected chi connectivity index (χ0v) is 7.04. The lowest BCUT2D eigenvalue weighted by molar-refractivity contribution is 0.824. The molecular formula is C12H13N. The van der Waals surface area contributed by atoms with Crippen molar-refractivity contribution in [3.05, 3.63) is 48.0 Å². The van der Waals surface area contributed by atoms with Gasteiger partial charge in [0, 0.05) is 13.4 Å². The van der Waals surface area contributed by atoms with Crippen molar-refractivity contribution in [1.82, 2.24) is 5.32 Å². The third-order valence-electron chi connectivity index (χ3n) is 1.99. The monoisotopic (exact) mass is 176 g/mol. The number of fused-ring (bicyclic) bond motifs is 1. The van der Waals surface area contributed by atoms with Crippen LogP contribution < -0.4 is 5.32 Å². The van der Waals surface area contributed by atoms with Crippen LogP contribution >= 0.6 is 0 Å². The van der Waals surface area contributed by atoms with Gasteiger partial charge in [-0.3, -0.25) is 0 Å². The van der Waals surface area contributed by atoms with Crippen LogP contribution in [-0.2, 0) is 6.50 Å². The molecule has 1 nitrogen and oxygen atoms in total. The van der Waals surface area contributed by atoms with Crippen LogP contribution in [-0.4, -0.2) is 6.98 Å². The summed E-state index contributed by atoms with van der Waals surface area (Å²) in [6.45, 7) is -4.63. The fourth-order valence-electron chi connectivity index (χ4n) is 1.40. The summed E-state index contributed by atoms with van der Waals surface area (Å²) in [4.78, 5) is 0. The Morgan fingerprint density at radius 1 is 1.23 bits per heavy atom. The van der Waals surface area contributed by atoms with Gasteiger partial charge in [0.15, 0.2) is 0 Å². The van der Waals surface area contributed by atoms with Crippen molar-refractivity contribution in [3.63, 3.8) is 0 Å². The molecule has 0 aliphatic carbocycles. The van der Waals surface area contributed by atoms with Crippen LogP contribution in [0, 0.1) is 0 Å². The minimum Gasteiger partial charge on any atom is -0.316 e. The molecule has 0 spiro atoms. The Morgan fingerprint density at radius 2 is 2.08 bits per heavy atom. The summed E-state index contributed by atoms with van der Waals surface area (Å²) in [7, 11) is 0. The van der Waals surface area contributed by atoms with Crippen molar-refractivity contribution in [2.24, 2.45) is 0 Å². The smallest absolute Gasteiger partial charge is 0.0479 e. The van der Waals surface area contributed by atoms with E-state index in [1.165, 1.54) is 0 Å². The molecule has 66 valence electrons. The van der Waals surface area contributed by atoms with E-state index in [0.29, 0.717) is 10.9 Å². The Balaban J connectivity index is 2.53. The summed E-state index contributed by atoms with van der Waals surface area (Å²) in [5, 5.41) is 3.63. The normalized spacial score (nSPS) is 18.3. The zero-order valence-electron chi connectivity index (χ0n) is 12.0. The molecule has 0 saturated heterocycles. The number of rotatable bonds is 2. The molecule has 0 radical (unpaired) electrons. The average Bonchev–Trinajstić information content (AvgIpc) is 2.25. The molecule has 1 heteroatoms. The van der Waals surface area contributed by atoms with Crippen molar-refractivity contribution in [3.8, 4) is 0 Å². The van der Waals surface area contributed by atoms with Crippen molar-refractivity contribution in [2.45, 2.75) is 6.50 Å². The molecule has 0 amide bonds. The summed E-state index contributed by atoms with van der Waals surface area (Å²) in [5.41, 5.74) is 0.330. The van der Waals surface area contributed by atoms with Crippen LogP contribution in [0.25, 0.3) is 10.8 Å².